The molecule has 2 aromatic rings. The number of amides is 1. The number of carbonyl (C=O) groups excluding carboxylic acids is 2. The van der Waals surface area contributed by atoms with Gasteiger partial charge in [0, 0.05) is 25.2 Å². The van der Waals surface area contributed by atoms with Gasteiger partial charge in [-0.15, -0.1) is 11.3 Å². The smallest absolute Gasteiger partial charge is 0.348 e. The molecule has 0 saturated heterocycles. The third-order valence-electron chi connectivity index (χ3n) is 2.97. The van der Waals surface area contributed by atoms with E-state index in [0.717, 1.165) is 23.5 Å². The molecule has 4 nitrogen and oxygen atoms in total. The SMILES string of the molecule is COC(=O)c1ccc(C(=O)N(C)Cc2ccc(F)cc2F)s1. The van der Waals surface area contributed by atoms with E-state index in [0.29, 0.717) is 9.75 Å². The zero-order valence-corrected chi connectivity index (χ0v) is 12.7. The summed E-state index contributed by atoms with van der Waals surface area (Å²) in [7, 11) is 2.76. The van der Waals surface area contributed by atoms with E-state index in [1.165, 1.54) is 37.3 Å². The van der Waals surface area contributed by atoms with Crippen molar-refractivity contribution in [3.63, 3.8) is 0 Å². The van der Waals surface area contributed by atoms with Crippen molar-refractivity contribution in [2.45, 2.75) is 6.54 Å². The molecule has 1 aromatic carbocycles. The van der Waals surface area contributed by atoms with E-state index < -0.39 is 17.6 Å². The molecule has 0 aliphatic rings. The van der Waals surface area contributed by atoms with Gasteiger partial charge in [0.05, 0.1) is 12.0 Å². The highest BCUT2D eigenvalue weighted by atomic mass is 32.1. The standard InChI is InChI=1S/C15H13F2NO3S/c1-18(8-9-3-4-10(16)7-11(9)17)14(19)12-5-6-13(22-12)15(20)21-2/h3-7H,8H2,1-2H3. The molecule has 0 atom stereocenters. The van der Waals surface area contributed by atoms with E-state index in [2.05, 4.69) is 4.74 Å². The second-order valence-electron chi connectivity index (χ2n) is 4.55. The van der Waals surface area contributed by atoms with Crippen LogP contribution in [0.3, 0.4) is 0 Å². The van der Waals surface area contributed by atoms with Crippen LogP contribution in [-0.4, -0.2) is 30.9 Å². The van der Waals surface area contributed by atoms with E-state index in [9.17, 15) is 18.4 Å². The number of hydrogen-bond acceptors (Lipinski definition) is 4. The first-order chi connectivity index (χ1) is 10.4. The maximum Gasteiger partial charge on any atom is 0.348 e. The highest BCUT2D eigenvalue weighted by Gasteiger charge is 2.18. The molecular formula is C15H13F2NO3S. The Morgan fingerprint density at radius 3 is 2.50 bits per heavy atom. The van der Waals surface area contributed by atoms with E-state index in [1.54, 1.807) is 0 Å². The summed E-state index contributed by atoms with van der Waals surface area (Å²) in [5, 5.41) is 0. The van der Waals surface area contributed by atoms with Crippen LogP contribution < -0.4 is 0 Å². The first kappa shape index (κ1) is 16.1. The number of halogens is 2. The van der Waals surface area contributed by atoms with Crippen molar-refractivity contribution < 1.29 is 23.1 Å². The average molecular weight is 325 g/mol. The summed E-state index contributed by atoms with van der Waals surface area (Å²) >= 11 is 1.000. The normalized spacial score (nSPS) is 10.4. The molecule has 1 amide bonds. The van der Waals surface area contributed by atoms with Crippen molar-refractivity contribution in [2.24, 2.45) is 0 Å². The highest BCUT2D eigenvalue weighted by Crippen LogP contribution is 2.20. The molecule has 0 radical (unpaired) electrons. The first-order valence-corrected chi connectivity index (χ1v) is 7.11. The summed E-state index contributed by atoms with van der Waals surface area (Å²) < 4.78 is 31.0. The third-order valence-corrected chi connectivity index (χ3v) is 4.03. The van der Waals surface area contributed by atoms with Crippen LogP contribution in [0.4, 0.5) is 8.78 Å². The Balaban J connectivity index is 2.12. The Morgan fingerprint density at radius 1 is 1.18 bits per heavy atom. The molecule has 0 bridgehead atoms. The van der Waals surface area contributed by atoms with Crippen LogP contribution in [0.25, 0.3) is 0 Å². The Morgan fingerprint density at radius 2 is 1.86 bits per heavy atom. The molecule has 0 saturated carbocycles. The number of nitrogens with zero attached hydrogens (tertiary/aromatic N) is 1. The zero-order valence-electron chi connectivity index (χ0n) is 11.9. The summed E-state index contributed by atoms with van der Waals surface area (Å²) in [6, 6.07) is 6.21. The topological polar surface area (TPSA) is 46.6 Å². The van der Waals surface area contributed by atoms with Crippen molar-refractivity contribution in [1.82, 2.24) is 4.90 Å². The molecule has 116 valence electrons. The van der Waals surface area contributed by atoms with Crippen LogP contribution in [0.15, 0.2) is 30.3 Å². The maximum absolute atomic E-state index is 13.6. The predicted octanol–water partition coefficient (Wildman–Crippen LogP) is 3.09. The Hall–Kier alpha value is -2.28. The molecule has 1 heterocycles. The van der Waals surface area contributed by atoms with Gasteiger partial charge in [-0.25, -0.2) is 13.6 Å². The van der Waals surface area contributed by atoms with Gasteiger partial charge in [0.25, 0.3) is 5.91 Å². The fourth-order valence-corrected chi connectivity index (χ4v) is 2.75. The highest BCUT2D eigenvalue weighted by molar-refractivity contribution is 7.15. The fraction of sp³-hybridized carbons (Fsp3) is 0.200. The van der Waals surface area contributed by atoms with Gasteiger partial charge in [0.15, 0.2) is 0 Å². The minimum absolute atomic E-state index is 0.00357. The van der Waals surface area contributed by atoms with Gasteiger partial charge >= 0.3 is 5.97 Å². The lowest BCUT2D eigenvalue weighted by Gasteiger charge is -2.16. The van der Waals surface area contributed by atoms with Crippen LogP contribution in [0.2, 0.25) is 0 Å². The molecule has 0 spiro atoms. The summed E-state index contributed by atoms with van der Waals surface area (Å²) in [5.74, 6) is -2.25. The van der Waals surface area contributed by atoms with Gasteiger partial charge in [-0.2, -0.15) is 0 Å². The maximum atomic E-state index is 13.6. The molecule has 7 heteroatoms. The van der Waals surface area contributed by atoms with Gasteiger partial charge in [-0.1, -0.05) is 6.07 Å². The van der Waals surface area contributed by atoms with Crippen LogP contribution in [-0.2, 0) is 11.3 Å². The number of methoxy groups -OCH3 is 1. The Labute approximate surface area is 129 Å². The Kier molecular flexibility index (Phi) is 4.87. The molecule has 0 fully saturated rings. The summed E-state index contributed by atoms with van der Waals surface area (Å²) in [6.07, 6.45) is 0. The lowest BCUT2D eigenvalue weighted by Crippen LogP contribution is -2.25. The van der Waals surface area contributed by atoms with E-state index in [1.807, 2.05) is 0 Å². The predicted molar refractivity (Wildman–Crippen MR) is 77.8 cm³/mol. The van der Waals surface area contributed by atoms with E-state index >= 15 is 0 Å². The van der Waals surface area contributed by atoms with Crippen molar-refractivity contribution in [3.05, 3.63) is 57.3 Å². The number of benzene rings is 1. The van der Waals surface area contributed by atoms with Gasteiger partial charge in [0.1, 0.15) is 16.5 Å². The first-order valence-electron chi connectivity index (χ1n) is 6.30. The summed E-state index contributed by atoms with van der Waals surface area (Å²) in [6.45, 7) is -0.00357. The minimum atomic E-state index is -0.707. The number of hydrogen-bond donors (Lipinski definition) is 0. The molecular weight excluding hydrogens is 312 g/mol. The van der Waals surface area contributed by atoms with E-state index in [4.69, 9.17) is 0 Å². The molecule has 0 unspecified atom stereocenters. The van der Waals surface area contributed by atoms with Crippen LogP contribution in [0.1, 0.15) is 24.9 Å². The van der Waals surface area contributed by atoms with Crippen molar-refractivity contribution in [1.29, 1.82) is 0 Å². The largest absolute Gasteiger partial charge is 0.465 e. The third kappa shape index (κ3) is 3.48. The zero-order chi connectivity index (χ0) is 16.3. The second kappa shape index (κ2) is 6.65. The van der Waals surface area contributed by atoms with Gasteiger partial charge in [-0.05, 0) is 18.2 Å². The number of thiophene rings is 1. The molecule has 0 aliphatic carbocycles. The number of ether oxygens (including phenoxy) is 1. The fourth-order valence-electron chi connectivity index (χ4n) is 1.83. The average Bonchev–Trinajstić information content (AvgIpc) is 2.98. The number of carbonyl (C=O) groups is 2. The quantitative estimate of drug-likeness (QED) is 0.812. The molecule has 0 N–H and O–H groups in total. The van der Waals surface area contributed by atoms with Crippen molar-refractivity contribution in [3.8, 4) is 0 Å². The van der Waals surface area contributed by atoms with Gasteiger partial charge in [-0.3, -0.25) is 4.79 Å². The summed E-state index contributed by atoms with van der Waals surface area (Å²) in [5.41, 5.74) is 0.210. The monoisotopic (exact) mass is 325 g/mol. The number of esters is 1. The molecule has 1 aromatic heterocycles. The number of rotatable bonds is 4. The molecule has 22 heavy (non-hydrogen) atoms. The molecule has 0 aliphatic heterocycles. The Bertz CT molecular complexity index is 715. The van der Waals surface area contributed by atoms with Crippen LogP contribution in [0, 0.1) is 11.6 Å². The second-order valence-corrected chi connectivity index (χ2v) is 5.64. The van der Waals surface area contributed by atoms with Gasteiger partial charge < -0.3 is 9.64 Å². The lowest BCUT2D eigenvalue weighted by molar-refractivity contribution is 0.0606. The van der Waals surface area contributed by atoms with Crippen molar-refractivity contribution in [2.75, 3.05) is 14.2 Å². The van der Waals surface area contributed by atoms with E-state index in [-0.39, 0.29) is 18.0 Å². The molecule has 2 rings (SSSR count). The van der Waals surface area contributed by atoms with Crippen LogP contribution in [0.5, 0.6) is 0 Å². The van der Waals surface area contributed by atoms with Crippen molar-refractivity contribution >= 4 is 23.2 Å². The lowest BCUT2D eigenvalue weighted by atomic mass is 10.2. The summed E-state index contributed by atoms with van der Waals surface area (Å²) in [4.78, 5) is 25.5. The van der Waals surface area contributed by atoms with Gasteiger partial charge in [0.2, 0.25) is 0 Å². The minimum Gasteiger partial charge on any atom is -0.465 e. The van der Waals surface area contributed by atoms with Crippen LogP contribution >= 0.6 is 11.3 Å².